The Bertz CT molecular complexity index is 565. The Kier molecular flexibility index (Phi) is 8.21. The van der Waals surface area contributed by atoms with E-state index < -0.39 is 12.7 Å². The van der Waals surface area contributed by atoms with Gasteiger partial charge in [-0.2, -0.15) is 18.3 Å². The predicted octanol–water partition coefficient (Wildman–Crippen LogP) is 1.98. The maximum absolute atomic E-state index is 12.3. The molecule has 0 atom stereocenters. The molecule has 0 saturated carbocycles. The lowest BCUT2D eigenvalue weighted by Crippen LogP contribution is -2.39. The van der Waals surface area contributed by atoms with E-state index in [1.54, 1.807) is 0 Å². The normalized spacial score (nSPS) is 12.8. The summed E-state index contributed by atoms with van der Waals surface area (Å²) in [4.78, 5) is 5.81. The van der Waals surface area contributed by atoms with Gasteiger partial charge in [-0.05, 0) is 40.8 Å². The van der Waals surface area contributed by atoms with Gasteiger partial charge in [0.15, 0.2) is 5.96 Å². The van der Waals surface area contributed by atoms with Gasteiger partial charge < -0.3 is 10.6 Å². The minimum Gasteiger partial charge on any atom is -0.357 e. The Labute approximate surface area is 147 Å². The molecule has 2 N–H and O–H groups in total. The highest BCUT2D eigenvalue weighted by molar-refractivity contribution is 5.79. The van der Waals surface area contributed by atoms with Gasteiger partial charge in [-0.3, -0.25) is 9.58 Å². The van der Waals surface area contributed by atoms with Crippen LogP contribution in [0.15, 0.2) is 4.99 Å². The van der Waals surface area contributed by atoms with Crippen LogP contribution in [0.2, 0.25) is 0 Å². The number of aromatic nitrogens is 2. The molecule has 1 aromatic rings. The van der Waals surface area contributed by atoms with Crippen molar-refractivity contribution in [3.05, 3.63) is 17.0 Å². The van der Waals surface area contributed by atoms with Gasteiger partial charge in [0.2, 0.25) is 0 Å². The number of halogens is 3. The lowest BCUT2D eigenvalue weighted by Gasteiger charge is -2.18. The van der Waals surface area contributed by atoms with Crippen molar-refractivity contribution in [3.8, 4) is 0 Å². The molecule has 1 aromatic heterocycles. The van der Waals surface area contributed by atoms with Gasteiger partial charge in [0.1, 0.15) is 0 Å². The van der Waals surface area contributed by atoms with Crippen molar-refractivity contribution in [2.24, 2.45) is 12.0 Å². The van der Waals surface area contributed by atoms with Crippen molar-refractivity contribution in [3.63, 3.8) is 0 Å². The molecule has 144 valence electrons. The first kappa shape index (κ1) is 21.3. The van der Waals surface area contributed by atoms with Crippen molar-refractivity contribution in [1.29, 1.82) is 0 Å². The van der Waals surface area contributed by atoms with Crippen LogP contribution in [0, 0.1) is 13.8 Å². The molecule has 0 radical (unpaired) electrons. The Hall–Kier alpha value is -1.77. The minimum absolute atomic E-state index is 0.368. The number of hydrogen-bond acceptors (Lipinski definition) is 3. The van der Waals surface area contributed by atoms with Gasteiger partial charge in [0, 0.05) is 31.4 Å². The highest BCUT2D eigenvalue weighted by atomic mass is 19.4. The fraction of sp³-hybridized carbons (Fsp3) is 0.750. The fourth-order valence-electron chi connectivity index (χ4n) is 2.49. The molecule has 0 aliphatic heterocycles. The quantitative estimate of drug-likeness (QED) is 0.422. The average molecular weight is 362 g/mol. The average Bonchev–Trinajstić information content (AvgIpc) is 2.72. The number of alkyl halides is 3. The van der Waals surface area contributed by atoms with E-state index in [4.69, 9.17) is 0 Å². The number of guanidine groups is 1. The molecular weight excluding hydrogens is 333 g/mol. The summed E-state index contributed by atoms with van der Waals surface area (Å²) in [6.07, 6.45) is -3.56. The van der Waals surface area contributed by atoms with Crippen LogP contribution in [0.25, 0.3) is 0 Å². The topological polar surface area (TPSA) is 57.5 Å². The molecule has 0 spiro atoms. The zero-order valence-electron chi connectivity index (χ0n) is 15.7. The van der Waals surface area contributed by atoms with Gasteiger partial charge >= 0.3 is 6.18 Å². The molecule has 0 aliphatic carbocycles. The highest BCUT2D eigenvalue weighted by Gasteiger charge is 2.28. The molecule has 0 unspecified atom stereocenters. The van der Waals surface area contributed by atoms with Crippen LogP contribution in [0.1, 0.15) is 30.3 Å². The lowest BCUT2D eigenvalue weighted by molar-refractivity contribution is -0.143. The molecule has 1 heterocycles. The van der Waals surface area contributed by atoms with Gasteiger partial charge in [0.25, 0.3) is 0 Å². The zero-order chi connectivity index (χ0) is 19.0. The summed E-state index contributed by atoms with van der Waals surface area (Å²) in [5.41, 5.74) is 3.11. The van der Waals surface area contributed by atoms with Crippen LogP contribution < -0.4 is 10.6 Å². The van der Waals surface area contributed by atoms with Crippen molar-refractivity contribution in [2.45, 2.75) is 39.9 Å². The van der Waals surface area contributed by atoms with Gasteiger partial charge in [-0.15, -0.1) is 0 Å². The van der Waals surface area contributed by atoms with E-state index in [0.29, 0.717) is 38.6 Å². The summed E-state index contributed by atoms with van der Waals surface area (Å²) < 4.78 is 38.7. The summed E-state index contributed by atoms with van der Waals surface area (Å²) in [5.74, 6) is 0.656. The first-order valence-corrected chi connectivity index (χ1v) is 8.40. The van der Waals surface area contributed by atoms with Gasteiger partial charge in [-0.1, -0.05) is 0 Å². The largest absolute Gasteiger partial charge is 0.401 e. The highest BCUT2D eigenvalue weighted by Crippen LogP contribution is 2.15. The van der Waals surface area contributed by atoms with Crippen LogP contribution >= 0.6 is 0 Å². The molecule has 0 aliphatic rings. The lowest BCUT2D eigenvalue weighted by atomic mass is 10.2. The summed E-state index contributed by atoms with van der Waals surface area (Å²) >= 11 is 0. The van der Waals surface area contributed by atoms with Gasteiger partial charge in [0.05, 0.1) is 18.8 Å². The van der Waals surface area contributed by atoms with Crippen molar-refractivity contribution in [2.75, 3.05) is 33.2 Å². The molecule has 25 heavy (non-hydrogen) atoms. The number of aryl methyl sites for hydroxylation is 2. The Morgan fingerprint density at radius 1 is 1.28 bits per heavy atom. The van der Waals surface area contributed by atoms with E-state index in [2.05, 4.69) is 20.7 Å². The van der Waals surface area contributed by atoms with Crippen LogP contribution in [0.5, 0.6) is 0 Å². The van der Waals surface area contributed by atoms with E-state index in [1.807, 2.05) is 32.5 Å². The van der Waals surface area contributed by atoms with Crippen molar-refractivity contribution in [1.82, 2.24) is 25.3 Å². The first-order valence-electron chi connectivity index (χ1n) is 8.40. The zero-order valence-corrected chi connectivity index (χ0v) is 15.7. The molecule has 1 rings (SSSR count). The third-order valence-electron chi connectivity index (χ3n) is 3.86. The minimum atomic E-state index is -4.15. The Morgan fingerprint density at radius 2 is 1.96 bits per heavy atom. The van der Waals surface area contributed by atoms with E-state index in [-0.39, 0.29) is 0 Å². The number of nitrogens with zero attached hydrogens (tertiary/aromatic N) is 4. The summed E-state index contributed by atoms with van der Waals surface area (Å²) in [7, 11) is 3.37. The number of hydrogen-bond donors (Lipinski definition) is 2. The fourth-order valence-corrected chi connectivity index (χ4v) is 2.49. The van der Waals surface area contributed by atoms with Crippen LogP contribution in [-0.4, -0.2) is 60.0 Å². The monoisotopic (exact) mass is 362 g/mol. The molecule has 0 bridgehead atoms. The maximum atomic E-state index is 12.3. The Balaban J connectivity index is 2.48. The molecule has 0 amide bonds. The van der Waals surface area contributed by atoms with E-state index in [0.717, 1.165) is 17.0 Å². The van der Waals surface area contributed by atoms with E-state index in [9.17, 15) is 13.2 Å². The van der Waals surface area contributed by atoms with Crippen molar-refractivity contribution < 1.29 is 13.2 Å². The second kappa shape index (κ2) is 9.65. The first-order chi connectivity index (χ1) is 11.6. The number of nitrogens with one attached hydrogen (secondary N) is 2. The standard InChI is InChI=1S/C16H29F3N6/c1-6-20-15(21-8-7-9-24(4)11-16(17,18)19)22-10-14-12(2)23-25(5)13(14)3/h6-11H2,1-5H3,(H2,20,21,22). The maximum Gasteiger partial charge on any atom is 0.401 e. The third kappa shape index (κ3) is 7.76. The molecular formula is C16H29F3N6. The molecule has 0 aromatic carbocycles. The SMILES string of the molecule is CCNC(=NCc1c(C)nn(C)c1C)NCCCN(C)CC(F)(F)F. The summed E-state index contributed by atoms with van der Waals surface area (Å²) in [6, 6.07) is 0. The third-order valence-corrected chi connectivity index (χ3v) is 3.86. The van der Waals surface area contributed by atoms with Gasteiger partial charge in [-0.25, -0.2) is 4.99 Å². The Morgan fingerprint density at radius 3 is 2.48 bits per heavy atom. The second-order valence-corrected chi connectivity index (χ2v) is 6.10. The molecule has 9 heteroatoms. The molecule has 0 fully saturated rings. The second-order valence-electron chi connectivity index (χ2n) is 6.10. The summed E-state index contributed by atoms with van der Waals surface area (Å²) in [5, 5.41) is 10.7. The number of aliphatic imine (C=N–C) groups is 1. The molecule has 6 nitrogen and oxygen atoms in total. The predicted molar refractivity (Wildman–Crippen MR) is 93.7 cm³/mol. The van der Waals surface area contributed by atoms with E-state index in [1.165, 1.54) is 11.9 Å². The smallest absolute Gasteiger partial charge is 0.357 e. The van der Waals surface area contributed by atoms with Crippen LogP contribution in [0.3, 0.4) is 0 Å². The molecule has 0 saturated heterocycles. The van der Waals surface area contributed by atoms with Crippen molar-refractivity contribution >= 4 is 5.96 Å². The number of rotatable bonds is 8. The van der Waals surface area contributed by atoms with Crippen LogP contribution in [-0.2, 0) is 13.6 Å². The van der Waals surface area contributed by atoms with Crippen LogP contribution in [0.4, 0.5) is 13.2 Å². The van der Waals surface area contributed by atoms with E-state index >= 15 is 0 Å². The summed E-state index contributed by atoms with van der Waals surface area (Å²) in [6.45, 7) is 7.18.